The van der Waals surface area contributed by atoms with Crippen molar-refractivity contribution in [2.75, 3.05) is 0 Å². The molecule has 3 aromatic heterocycles. The number of carbonyl (C=O) groups is 1. The van der Waals surface area contributed by atoms with E-state index in [2.05, 4.69) is 46.0 Å². The van der Waals surface area contributed by atoms with Crippen molar-refractivity contribution in [2.24, 2.45) is 0 Å². The van der Waals surface area contributed by atoms with Crippen LogP contribution < -0.4 is 5.32 Å². The molecule has 0 unspecified atom stereocenters. The van der Waals surface area contributed by atoms with E-state index in [0.29, 0.717) is 34.4 Å². The topological polar surface area (TPSA) is 140 Å². The Labute approximate surface area is 178 Å². The normalized spacial score (nSPS) is 11.1. The largest absolute Gasteiger partial charge is 0.345 e. The lowest BCUT2D eigenvalue weighted by Gasteiger charge is -2.12. The molecule has 4 rings (SSSR count). The average molecular weight is 418 g/mol. The first-order valence-electron chi connectivity index (χ1n) is 9.79. The second-order valence-corrected chi connectivity index (χ2v) is 7.43. The maximum Gasteiger partial charge on any atom is 0.251 e. The van der Waals surface area contributed by atoms with Crippen LogP contribution in [0.4, 0.5) is 0 Å². The van der Waals surface area contributed by atoms with Gasteiger partial charge in [0.1, 0.15) is 5.82 Å². The Balaban J connectivity index is 1.72. The van der Waals surface area contributed by atoms with E-state index in [1.165, 1.54) is 0 Å². The van der Waals surface area contributed by atoms with Crippen molar-refractivity contribution in [3.8, 4) is 16.9 Å². The third kappa shape index (κ3) is 4.44. The predicted octanol–water partition coefficient (Wildman–Crippen LogP) is 1.91. The van der Waals surface area contributed by atoms with Gasteiger partial charge < -0.3 is 5.32 Å². The van der Waals surface area contributed by atoms with Crippen molar-refractivity contribution in [3.05, 3.63) is 59.3 Å². The number of aromatic nitrogens is 9. The summed E-state index contributed by atoms with van der Waals surface area (Å²) in [7, 11) is 0. The molecule has 31 heavy (non-hydrogen) atoms. The molecule has 0 aliphatic carbocycles. The van der Waals surface area contributed by atoms with Gasteiger partial charge in [-0.15, -0.1) is 5.10 Å². The second kappa shape index (κ2) is 8.38. The molecule has 0 aliphatic heterocycles. The number of nitrogens with one attached hydrogen (secondary N) is 2. The second-order valence-electron chi connectivity index (χ2n) is 7.43. The van der Waals surface area contributed by atoms with Crippen LogP contribution in [0.3, 0.4) is 0 Å². The molecular weight excluding hydrogens is 396 g/mol. The highest BCUT2D eigenvalue weighted by atomic mass is 16.1. The summed E-state index contributed by atoms with van der Waals surface area (Å²) in [4.78, 5) is 25.9. The number of aryl methyl sites for hydroxylation is 2. The maximum atomic E-state index is 12.9. The fourth-order valence-electron chi connectivity index (χ4n) is 3.02. The number of nitrogens with zero attached hydrogens (tertiary/aromatic N) is 8. The molecule has 158 valence electrons. The highest BCUT2D eigenvalue weighted by Crippen LogP contribution is 2.24. The lowest BCUT2D eigenvalue weighted by molar-refractivity contribution is 0.0950. The summed E-state index contributed by atoms with van der Waals surface area (Å²) in [6.45, 7) is 7.88. The zero-order valence-corrected chi connectivity index (χ0v) is 17.7. The molecule has 0 aliphatic rings. The lowest BCUT2D eigenvalue weighted by Crippen LogP contribution is -2.24. The molecule has 0 saturated carbocycles. The first-order chi connectivity index (χ1) is 14.9. The van der Waals surface area contributed by atoms with E-state index in [1.54, 1.807) is 36.1 Å². The minimum atomic E-state index is -0.273. The number of amides is 1. The van der Waals surface area contributed by atoms with Gasteiger partial charge in [0.05, 0.1) is 29.8 Å². The first-order valence-corrected chi connectivity index (χ1v) is 9.79. The van der Waals surface area contributed by atoms with Crippen LogP contribution in [0.25, 0.3) is 16.9 Å². The average Bonchev–Trinajstić information content (AvgIpc) is 3.41. The minimum Gasteiger partial charge on any atom is -0.345 e. The Kier molecular flexibility index (Phi) is 5.48. The summed E-state index contributed by atoms with van der Waals surface area (Å²) in [6, 6.07) is 5.39. The van der Waals surface area contributed by atoms with Crippen LogP contribution in [0.5, 0.6) is 0 Å². The minimum absolute atomic E-state index is 0.101. The van der Waals surface area contributed by atoms with E-state index in [-0.39, 0.29) is 18.4 Å². The van der Waals surface area contributed by atoms with Crippen molar-refractivity contribution >= 4 is 5.91 Å². The Morgan fingerprint density at radius 2 is 2.00 bits per heavy atom. The van der Waals surface area contributed by atoms with Crippen molar-refractivity contribution in [1.29, 1.82) is 0 Å². The van der Waals surface area contributed by atoms with Gasteiger partial charge in [0.25, 0.3) is 5.91 Å². The molecule has 4 aromatic rings. The fraction of sp³-hybridized carbons (Fsp3) is 0.300. The summed E-state index contributed by atoms with van der Waals surface area (Å²) in [5.41, 5.74) is 3.28. The Bertz CT molecular complexity index is 1210. The number of H-pyrrole nitrogens is 1. The maximum absolute atomic E-state index is 12.9. The van der Waals surface area contributed by atoms with Gasteiger partial charge in [-0.2, -0.15) is 9.78 Å². The SMILES string of the molecule is Cc1cnc(-c2cc(C(=O)NCc3n[nH]c(C)n3)cc(-n3nnnc3C(C)C)c2)cn1. The quantitative estimate of drug-likeness (QED) is 0.484. The molecule has 1 aromatic carbocycles. The zero-order valence-electron chi connectivity index (χ0n) is 17.7. The smallest absolute Gasteiger partial charge is 0.251 e. The number of rotatable bonds is 6. The number of benzene rings is 1. The van der Waals surface area contributed by atoms with E-state index in [0.717, 1.165) is 11.3 Å². The first kappa shape index (κ1) is 20.3. The number of carbonyl (C=O) groups excluding carboxylic acids is 1. The van der Waals surface area contributed by atoms with Gasteiger partial charge in [0.2, 0.25) is 0 Å². The molecule has 3 heterocycles. The van der Waals surface area contributed by atoms with Crippen molar-refractivity contribution < 1.29 is 4.79 Å². The molecule has 0 spiro atoms. The van der Waals surface area contributed by atoms with Crippen LogP contribution in [-0.4, -0.2) is 51.3 Å². The summed E-state index contributed by atoms with van der Waals surface area (Å²) in [5, 5.41) is 21.7. The Hall–Kier alpha value is -4.02. The highest BCUT2D eigenvalue weighted by molar-refractivity contribution is 5.96. The van der Waals surface area contributed by atoms with Gasteiger partial charge in [0, 0.05) is 23.2 Å². The fourth-order valence-corrected chi connectivity index (χ4v) is 3.02. The Morgan fingerprint density at radius 3 is 2.68 bits per heavy atom. The number of hydrogen-bond acceptors (Lipinski definition) is 8. The van der Waals surface area contributed by atoms with Crippen LogP contribution in [0.1, 0.15) is 53.3 Å². The van der Waals surface area contributed by atoms with Crippen molar-refractivity contribution in [3.63, 3.8) is 0 Å². The third-order valence-corrected chi connectivity index (χ3v) is 4.56. The van der Waals surface area contributed by atoms with Crippen LogP contribution in [0, 0.1) is 13.8 Å². The van der Waals surface area contributed by atoms with Gasteiger partial charge in [0.15, 0.2) is 11.6 Å². The number of aromatic amines is 1. The zero-order chi connectivity index (χ0) is 22.0. The van der Waals surface area contributed by atoms with E-state index in [1.807, 2.05) is 26.8 Å². The van der Waals surface area contributed by atoms with Gasteiger partial charge in [-0.05, 0) is 42.5 Å². The summed E-state index contributed by atoms with van der Waals surface area (Å²) in [5.74, 6) is 1.71. The van der Waals surface area contributed by atoms with Gasteiger partial charge in [-0.3, -0.25) is 19.9 Å². The molecule has 0 bridgehead atoms. The molecule has 0 saturated heterocycles. The van der Waals surface area contributed by atoms with Crippen molar-refractivity contribution in [2.45, 2.75) is 40.2 Å². The van der Waals surface area contributed by atoms with E-state index in [4.69, 9.17) is 0 Å². The van der Waals surface area contributed by atoms with Gasteiger partial charge in [-0.1, -0.05) is 13.8 Å². The van der Waals surface area contributed by atoms with Crippen LogP contribution in [-0.2, 0) is 6.54 Å². The van der Waals surface area contributed by atoms with Crippen LogP contribution in [0.15, 0.2) is 30.6 Å². The summed E-state index contributed by atoms with van der Waals surface area (Å²) in [6.07, 6.45) is 3.36. The standard InChI is InChI=1S/C20H22N10O/c1-11(2)19-27-28-29-30(19)16-6-14(17-9-21-12(3)8-22-17)5-15(7-16)20(31)23-10-18-24-13(4)25-26-18/h5-9,11H,10H2,1-4H3,(H,23,31)(H,24,25,26). The highest BCUT2D eigenvalue weighted by Gasteiger charge is 2.17. The van der Waals surface area contributed by atoms with E-state index in [9.17, 15) is 4.79 Å². The summed E-state index contributed by atoms with van der Waals surface area (Å²) >= 11 is 0. The van der Waals surface area contributed by atoms with E-state index >= 15 is 0 Å². The third-order valence-electron chi connectivity index (χ3n) is 4.56. The van der Waals surface area contributed by atoms with Gasteiger partial charge in [-0.25, -0.2) is 4.98 Å². The predicted molar refractivity (Wildman–Crippen MR) is 111 cm³/mol. The molecule has 11 nitrogen and oxygen atoms in total. The monoisotopic (exact) mass is 418 g/mol. The number of tetrazole rings is 1. The van der Waals surface area contributed by atoms with E-state index < -0.39 is 0 Å². The van der Waals surface area contributed by atoms with Crippen LogP contribution >= 0.6 is 0 Å². The van der Waals surface area contributed by atoms with Gasteiger partial charge >= 0.3 is 0 Å². The Morgan fingerprint density at radius 1 is 1.16 bits per heavy atom. The molecule has 0 radical (unpaired) electrons. The summed E-state index contributed by atoms with van der Waals surface area (Å²) < 4.78 is 1.63. The molecule has 11 heteroatoms. The molecule has 0 fully saturated rings. The molecule has 0 atom stereocenters. The van der Waals surface area contributed by atoms with Crippen molar-refractivity contribution in [1.82, 2.24) is 50.7 Å². The molecule has 2 N–H and O–H groups in total. The van der Waals surface area contributed by atoms with Crippen LogP contribution in [0.2, 0.25) is 0 Å². The lowest BCUT2D eigenvalue weighted by atomic mass is 10.1. The number of hydrogen-bond donors (Lipinski definition) is 2. The molecule has 1 amide bonds. The molecular formula is C20H22N10O.